The van der Waals surface area contributed by atoms with Gasteiger partial charge in [-0.1, -0.05) is 6.58 Å². The van der Waals surface area contributed by atoms with Gasteiger partial charge in [-0.15, -0.1) is 11.3 Å². The number of fused-ring (bicyclic) bond motifs is 1. The Kier molecular flexibility index (Phi) is 5.19. The van der Waals surface area contributed by atoms with Crippen molar-refractivity contribution in [3.05, 3.63) is 48.0 Å². The highest BCUT2D eigenvalue weighted by atomic mass is 32.2. The zero-order chi connectivity index (χ0) is 23.2. The summed E-state index contributed by atoms with van der Waals surface area (Å²) in [7, 11) is -3.31. The van der Waals surface area contributed by atoms with Gasteiger partial charge in [0, 0.05) is 48.9 Å². The van der Waals surface area contributed by atoms with E-state index < -0.39 is 15.6 Å². The molecule has 0 amide bonds. The quantitative estimate of drug-likeness (QED) is 0.526. The normalized spacial score (nSPS) is 17.9. The maximum atomic E-state index is 12.2. The van der Waals surface area contributed by atoms with Crippen LogP contribution in [0.1, 0.15) is 19.8 Å². The Hall–Kier alpha value is -3.27. The van der Waals surface area contributed by atoms with E-state index in [-0.39, 0.29) is 25.3 Å². The average molecular weight is 483 g/mol. The average Bonchev–Trinajstić information content (AvgIpc) is 3.51. The fraction of sp³-hybridized carbons (Fsp3) is 0.333. The van der Waals surface area contributed by atoms with Gasteiger partial charge in [-0.2, -0.15) is 14.7 Å². The summed E-state index contributed by atoms with van der Waals surface area (Å²) in [5.74, 6) is 0.508. The first-order valence-electron chi connectivity index (χ1n) is 10.4. The van der Waals surface area contributed by atoms with Gasteiger partial charge in [0.1, 0.15) is 5.54 Å². The van der Waals surface area contributed by atoms with Crippen molar-refractivity contribution in [2.45, 2.75) is 25.3 Å². The lowest BCUT2D eigenvalue weighted by atomic mass is 9.89. The van der Waals surface area contributed by atoms with Crippen LogP contribution < -0.4 is 10.6 Å². The van der Waals surface area contributed by atoms with Crippen LogP contribution in [0.3, 0.4) is 0 Å². The lowest BCUT2D eigenvalue weighted by Gasteiger charge is -2.47. The Morgan fingerprint density at radius 2 is 2.21 bits per heavy atom. The molecular weight excluding hydrogens is 460 g/mol. The molecule has 33 heavy (non-hydrogen) atoms. The molecular formula is C21H22N8O2S2. The molecule has 1 fully saturated rings. The first-order valence-corrected chi connectivity index (χ1v) is 12.9. The van der Waals surface area contributed by atoms with Crippen molar-refractivity contribution in [3.8, 4) is 17.3 Å². The van der Waals surface area contributed by atoms with Crippen LogP contribution in [0.15, 0.2) is 48.0 Å². The summed E-state index contributed by atoms with van der Waals surface area (Å²) in [6.45, 7) is 5.99. The second-order valence-corrected chi connectivity index (χ2v) is 11.3. The van der Waals surface area contributed by atoms with E-state index in [1.807, 2.05) is 23.8 Å². The largest absolute Gasteiger partial charge is 0.364 e. The molecule has 0 spiro atoms. The van der Waals surface area contributed by atoms with Crippen molar-refractivity contribution in [1.29, 1.82) is 5.26 Å². The summed E-state index contributed by atoms with van der Waals surface area (Å²) < 4.78 is 28.5. The Labute approximate surface area is 195 Å². The van der Waals surface area contributed by atoms with E-state index in [0.717, 1.165) is 32.9 Å². The molecule has 3 aromatic rings. The molecule has 2 N–H and O–H groups in total. The maximum Gasteiger partial charge on any atom is 0.228 e. The van der Waals surface area contributed by atoms with Crippen molar-refractivity contribution in [2.24, 2.45) is 0 Å². The first kappa shape index (κ1) is 21.6. The number of rotatable bonds is 7. The minimum absolute atomic E-state index is 0.0341. The number of sulfonamides is 1. The van der Waals surface area contributed by atoms with E-state index in [1.165, 1.54) is 4.31 Å². The van der Waals surface area contributed by atoms with Crippen molar-refractivity contribution in [3.63, 3.8) is 0 Å². The van der Waals surface area contributed by atoms with Crippen LogP contribution in [0.5, 0.6) is 0 Å². The molecule has 10 nitrogen and oxygen atoms in total. The summed E-state index contributed by atoms with van der Waals surface area (Å²) in [4.78, 5) is 9.36. The SMILES string of the molecule is C=C1CC(Nc2nc(-c3cnn(C4(CC#N)CN(S(=O)(=O)CC)C4)c3)c3sccc3n2)=CN1. The maximum absolute atomic E-state index is 12.2. The lowest BCUT2D eigenvalue weighted by molar-refractivity contribution is 0.0719. The van der Waals surface area contributed by atoms with Crippen molar-refractivity contribution >= 4 is 37.5 Å². The highest BCUT2D eigenvalue weighted by Gasteiger charge is 2.49. The number of hydrogen-bond donors (Lipinski definition) is 2. The molecule has 5 heterocycles. The number of nitrogens with one attached hydrogen (secondary N) is 2. The summed E-state index contributed by atoms with van der Waals surface area (Å²) in [5.41, 5.74) is 3.48. The summed E-state index contributed by atoms with van der Waals surface area (Å²) >= 11 is 1.54. The molecule has 5 rings (SSSR count). The lowest BCUT2D eigenvalue weighted by Crippen LogP contribution is -2.64. The molecule has 0 aliphatic carbocycles. The molecule has 0 aromatic carbocycles. The zero-order valence-corrected chi connectivity index (χ0v) is 19.6. The smallest absolute Gasteiger partial charge is 0.228 e. The van der Waals surface area contributed by atoms with Gasteiger partial charge < -0.3 is 10.6 Å². The third-order valence-corrected chi connectivity index (χ3v) is 8.56. The number of thiophene rings is 1. The number of anilines is 1. The first-order chi connectivity index (χ1) is 15.8. The fourth-order valence-electron chi connectivity index (χ4n) is 4.04. The molecule has 0 bridgehead atoms. The molecule has 3 aromatic heterocycles. The van der Waals surface area contributed by atoms with E-state index in [2.05, 4.69) is 33.4 Å². The minimum atomic E-state index is -3.31. The molecule has 170 valence electrons. The van der Waals surface area contributed by atoms with Crippen molar-refractivity contribution in [2.75, 3.05) is 24.2 Å². The van der Waals surface area contributed by atoms with Gasteiger partial charge in [0.05, 0.1) is 40.4 Å². The molecule has 0 saturated carbocycles. The van der Waals surface area contributed by atoms with E-state index in [4.69, 9.17) is 4.98 Å². The van der Waals surface area contributed by atoms with Crippen molar-refractivity contribution < 1.29 is 8.42 Å². The van der Waals surface area contributed by atoms with Crippen LogP contribution in [-0.4, -0.2) is 51.3 Å². The second-order valence-electron chi connectivity index (χ2n) is 8.15. The van der Waals surface area contributed by atoms with E-state index in [9.17, 15) is 13.7 Å². The van der Waals surface area contributed by atoms with Gasteiger partial charge in [-0.05, 0) is 18.4 Å². The topological polar surface area (TPSA) is 129 Å². The van der Waals surface area contributed by atoms with Crippen LogP contribution in [-0.2, 0) is 15.6 Å². The summed E-state index contributed by atoms with van der Waals surface area (Å²) in [6.07, 6.45) is 6.24. The Morgan fingerprint density at radius 1 is 1.39 bits per heavy atom. The van der Waals surface area contributed by atoms with Gasteiger partial charge in [-0.25, -0.2) is 18.4 Å². The number of aromatic nitrogens is 4. The molecule has 2 aliphatic heterocycles. The van der Waals surface area contributed by atoms with Crippen LogP contribution in [0.4, 0.5) is 5.95 Å². The van der Waals surface area contributed by atoms with Gasteiger partial charge in [0.15, 0.2) is 0 Å². The standard InChI is InChI=1S/C21H22N8O2S2/c1-3-33(30,31)28-12-21(13-28,5-6-22)29-11-15(9-24-29)18-19-17(4-7-32-19)26-20(27-18)25-16-8-14(2)23-10-16/h4,7,9-11,23H,2-3,5,8,12-13H2,1H3,(H,25,26,27). The molecule has 0 radical (unpaired) electrons. The zero-order valence-electron chi connectivity index (χ0n) is 17.9. The molecule has 0 atom stereocenters. The van der Waals surface area contributed by atoms with Gasteiger partial charge in [-0.3, -0.25) is 4.68 Å². The van der Waals surface area contributed by atoms with Crippen LogP contribution in [0, 0.1) is 11.3 Å². The monoisotopic (exact) mass is 482 g/mol. The van der Waals surface area contributed by atoms with Gasteiger partial charge in [0.25, 0.3) is 0 Å². The number of nitriles is 1. The third-order valence-electron chi connectivity index (χ3n) is 5.88. The molecule has 1 saturated heterocycles. The van der Waals surface area contributed by atoms with Crippen LogP contribution in [0.2, 0.25) is 0 Å². The predicted octanol–water partition coefficient (Wildman–Crippen LogP) is 2.59. The number of nitrogens with zero attached hydrogens (tertiary/aromatic N) is 6. The van der Waals surface area contributed by atoms with Crippen molar-refractivity contribution in [1.82, 2.24) is 29.4 Å². The summed E-state index contributed by atoms with van der Waals surface area (Å²) in [5, 5.41) is 22.2. The van der Waals surface area contributed by atoms with E-state index in [0.29, 0.717) is 12.4 Å². The Balaban J connectivity index is 1.48. The summed E-state index contributed by atoms with van der Waals surface area (Å²) in [6, 6.07) is 4.13. The molecule has 12 heteroatoms. The fourth-order valence-corrected chi connectivity index (χ4v) is 6.12. The molecule has 0 unspecified atom stereocenters. The Bertz CT molecular complexity index is 1420. The highest BCUT2D eigenvalue weighted by Crippen LogP contribution is 2.37. The van der Waals surface area contributed by atoms with Gasteiger partial charge >= 0.3 is 0 Å². The van der Waals surface area contributed by atoms with E-state index >= 15 is 0 Å². The predicted molar refractivity (Wildman–Crippen MR) is 126 cm³/mol. The van der Waals surface area contributed by atoms with Crippen LogP contribution in [0.25, 0.3) is 21.5 Å². The molecule has 2 aliphatic rings. The highest BCUT2D eigenvalue weighted by molar-refractivity contribution is 7.89. The third kappa shape index (κ3) is 3.78. The van der Waals surface area contributed by atoms with E-state index in [1.54, 1.807) is 29.1 Å². The minimum Gasteiger partial charge on any atom is -0.364 e. The Morgan fingerprint density at radius 3 is 2.91 bits per heavy atom. The van der Waals surface area contributed by atoms with Crippen LogP contribution >= 0.6 is 11.3 Å². The van der Waals surface area contributed by atoms with Gasteiger partial charge in [0.2, 0.25) is 16.0 Å². The second kappa shape index (κ2) is 7.95. The number of hydrogen-bond acceptors (Lipinski definition) is 9.